The van der Waals surface area contributed by atoms with Gasteiger partial charge in [-0.3, -0.25) is 9.69 Å². The highest BCUT2D eigenvalue weighted by Gasteiger charge is 2.35. The first-order chi connectivity index (χ1) is 8.06. The maximum atomic E-state index is 12.3. The predicted molar refractivity (Wildman–Crippen MR) is 71.9 cm³/mol. The van der Waals surface area contributed by atoms with Crippen molar-refractivity contribution in [2.45, 2.75) is 24.8 Å². The molecule has 1 rings (SSSR count). The van der Waals surface area contributed by atoms with E-state index in [1.54, 1.807) is 0 Å². The Morgan fingerprint density at radius 2 is 2.00 bits per heavy atom. The number of likely N-dealkylation sites (N-methyl/N-ethyl adjacent to an activating group) is 1. The molecule has 4 nitrogen and oxygen atoms in total. The van der Waals surface area contributed by atoms with E-state index in [0.29, 0.717) is 0 Å². The third kappa shape index (κ3) is 3.09. The van der Waals surface area contributed by atoms with Crippen molar-refractivity contribution in [1.82, 2.24) is 9.80 Å². The Balaban J connectivity index is 2.82. The van der Waals surface area contributed by atoms with Crippen LogP contribution in [0.2, 0.25) is 0 Å². The molecule has 3 unspecified atom stereocenters. The van der Waals surface area contributed by atoms with Gasteiger partial charge in [-0.1, -0.05) is 28.1 Å². The van der Waals surface area contributed by atoms with E-state index >= 15 is 0 Å². The first-order valence-electron chi connectivity index (χ1n) is 6.00. The quantitative estimate of drug-likeness (QED) is 0.480. The molecule has 0 radical (unpaired) electrons. The van der Waals surface area contributed by atoms with Crippen molar-refractivity contribution in [3.63, 3.8) is 0 Å². The fourth-order valence-corrected chi connectivity index (χ4v) is 2.75. The van der Waals surface area contributed by atoms with Crippen LogP contribution in [0.5, 0.6) is 0 Å². The Morgan fingerprint density at radius 1 is 1.41 bits per heavy atom. The molecule has 1 N–H and O–H groups in total. The van der Waals surface area contributed by atoms with Gasteiger partial charge in [-0.2, -0.15) is 0 Å². The molecule has 0 spiro atoms. The molecule has 5 heteroatoms. The van der Waals surface area contributed by atoms with Crippen molar-refractivity contribution in [2.24, 2.45) is 5.92 Å². The molecule has 17 heavy (non-hydrogen) atoms. The number of hydrogen-bond donors (Lipinski definition) is 1. The lowest BCUT2D eigenvalue weighted by Gasteiger charge is -2.37. The summed E-state index contributed by atoms with van der Waals surface area (Å²) >= 11 is 3.54. The molecule has 3 atom stereocenters. The molecular formula is C12H21BrN2O2. The monoisotopic (exact) mass is 304 g/mol. The van der Waals surface area contributed by atoms with Crippen molar-refractivity contribution in [3.8, 4) is 0 Å². The molecule has 98 valence electrons. The molecule has 0 aromatic rings. The first kappa shape index (κ1) is 14.7. The van der Waals surface area contributed by atoms with Crippen molar-refractivity contribution < 1.29 is 9.90 Å². The van der Waals surface area contributed by atoms with Gasteiger partial charge in [0.1, 0.15) is 0 Å². The summed E-state index contributed by atoms with van der Waals surface area (Å²) in [6.45, 7) is 5.50. The summed E-state index contributed by atoms with van der Waals surface area (Å²) in [4.78, 5) is 16.0. The zero-order valence-electron chi connectivity index (χ0n) is 10.6. The maximum absolute atomic E-state index is 12.3. The SMILES string of the molecule is CCN(CC)C(=O)C1C=CC(CO)N(C)C1Br. The van der Waals surface area contributed by atoms with Crippen molar-refractivity contribution in [3.05, 3.63) is 12.2 Å². The highest BCUT2D eigenvalue weighted by Crippen LogP contribution is 2.27. The summed E-state index contributed by atoms with van der Waals surface area (Å²) in [5.74, 6) is -0.0425. The summed E-state index contributed by atoms with van der Waals surface area (Å²) in [6.07, 6.45) is 3.81. The Bertz CT molecular complexity index is 292. The second kappa shape index (κ2) is 6.52. The molecule has 1 aliphatic rings. The second-order valence-electron chi connectivity index (χ2n) is 4.21. The number of aliphatic hydroxyl groups is 1. The van der Waals surface area contributed by atoms with Crippen LogP contribution in [-0.2, 0) is 4.79 Å². The molecule has 0 fully saturated rings. The minimum atomic E-state index is -0.178. The minimum absolute atomic E-state index is 0.0138. The number of alkyl halides is 1. The fraction of sp³-hybridized carbons (Fsp3) is 0.750. The van der Waals surface area contributed by atoms with E-state index in [1.807, 2.05) is 42.8 Å². The van der Waals surface area contributed by atoms with E-state index in [1.165, 1.54) is 0 Å². The number of aliphatic hydroxyl groups excluding tert-OH is 1. The average Bonchev–Trinajstić information content (AvgIpc) is 2.34. The number of amides is 1. The summed E-state index contributed by atoms with van der Waals surface area (Å²) in [7, 11) is 1.91. The van der Waals surface area contributed by atoms with E-state index in [-0.39, 0.29) is 29.4 Å². The number of carbonyl (C=O) groups is 1. The third-order valence-electron chi connectivity index (χ3n) is 3.30. The molecule has 1 heterocycles. The van der Waals surface area contributed by atoms with Crippen molar-refractivity contribution in [1.29, 1.82) is 0 Å². The van der Waals surface area contributed by atoms with E-state index in [2.05, 4.69) is 15.9 Å². The molecule has 0 bridgehead atoms. The Labute approximate surface area is 111 Å². The highest BCUT2D eigenvalue weighted by molar-refractivity contribution is 9.09. The topological polar surface area (TPSA) is 43.8 Å². The van der Waals surface area contributed by atoms with Gasteiger partial charge in [-0.25, -0.2) is 0 Å². The van der Waals surface area contributed by atoms with E-state index in [4.69, 9.17) is 0 Å². The van der Waals surface area contributed by atoms with Crippen LogP contribution in [0.4, 0.5) is 0 Å². The minimum Gasteiger partial charge on any atom is -0.394 e. The predicted octanol–water partition coefficient (Wildman–Crippen LogP) is 1.05. The normalized spacial score (nSPS) is 29.4. The van der Waals surface area contributed by atoms with E-state index < -0.39 is 0 Å². The zero-order valence-corrected chi connectivity index (χ0v) is 12.2. The number of carbonyl (C=O) groups excluding carboxylic acids is 1. The van der Waals surface area contributed by atoms with Gasteiger partial charge in [0.15, 0.2) is 0 Å². The van der Waals surface area contributed by atoms with Crippen LogP contribution in [0.1, 0.15) is 13.8 Å². The largest absolute Gasteiger partial charge is 0.394 e. The smallest absolute Gasteiger partial charge is 0.231 e. The third-order valence-corrected chi connectivity index (χ3v) is 4.51. The standard InChI is InChI=1S/C12H21BrN2O2/c1-4-15(5-2)12(17)10-7-6-9(8-16)14(3)11(10)13/h6-7,9-11,16H,4-5,8H2,1-3H3. The van der Waals surface area contributed by atoms with Crippen LogP contribution < -0.4 is 0 Å². The molecular weight excluding hydrogens is 284 g/mol. The Morgan fingerprint density at radius 3 is 2.47 bits per heavy atom. The van der Waals surface area contributed by atoms with Gasteiger partial charge >= 0.3 is 0 Å². The molecule has 0 saturated carbocycles. The molecule has 0 aromatic heterocycles. The summed E-state index contributed by atoms with van der Waals surface area (Å²) < 4.78 is 0. The van der Waals surface area contributed by atoms with Gasteiger partial charge < -0.3 is 10.0 Å². The van der Waals surface area contributed by atoms with Crippen molar-refractivity contribution in [2.75, 3.05) is 26.7 Å². The molecule has 0 aliphatic carbocycles. The van der Waals surface area contributed by atoms with Gasteiger partial charge in [-0.15, -0.1) is 0 Å². The molecule has 0 aromatic carbocycles. The van der Waals surface area contributed by atoms with Gasteiger partial charge in [0.2, 0.25) is 5.91 Å². The van der Waals surface area contributed by atoms with Gasteiger partial charge in [0.05, 0.1) is 23.5 Å². The van der Waals surface area contributed by atoms with Crippen LogP contribution in [0.15, 0.2) is 12.2 Å². The van der Waals surface area contributed by atoms with Crippen LogP contribution >= 0.6 is 15.9 Å². The summed E-state index contributed by atoms with van der Waals surface area (Å²) in [5, 5.41) is 9.20. The zero-order chi connectivity index (χ0) is 13.0. The highest BCUT2D eigenvalue weighted by atomic mass is 79.9. The number of halogens is 1. The van der Waals surface area contributed by atoms with Crippen molar-refractivity contribution >= 4 is 21.8 Å². The van der Waals surface area contributed by atoms with E-state index in [0.717, 1.165) is 13.1 Å². The first-order valence-corrected chi connectivity index (χ1v) is 6.92. The summed E-state index contributed by atoms with van der Waals surface area (Å²) in [6, 6.07) is -0.0138. The molecule has 1 aliphatic heterocycles. The second-order valence-corrected chi connectivity index (χ2v) is 5.15. The van der Waals surface area contributed by atoms with Gasteiger partial charge in [-0.05, 0) is 20.9 Å². The van der Waals surface area contributed by atoms with E-state index in [9.17, 15) is 9.90 Å². The summed E-state index contributed by atoms with van der Waals surface area (Å²) in [5.41, 5.74) is 0. The molecule has 1 amide bonds. The number of rotatable bonds is 4. The van der Waals surface area contributed by atoms with Crippen LogP contribution in [-0.4, -0.2) is 58.6 Å². The van der Waals surface area contributed by atoms with Crippen LogP contribution in [0.3, 0.4) is 0 Å². The van der Waals surface area contributed by atoms with Crippen LogP contribution in [0.25, 0.3) is 0 Å². The Hall–Kier alpha value is -0.390. The lowest BCUT2D eigenvalue weighted by atomic mass is 10.00. The molecule has 0 saturated heterocycles. The number of hydrogen-bond acceptors (Lipinski definition) is 3. The lowest BCUT2D eigenvalue weighted by molar-refractivity contribution is -0.134. The van der Waals surface area contributed by atoms with Crippen LogP contribution in [0, 0.1) is 5.92 Å². The number of nitrogens with zero attached hydrogens (tertiary/aromatic N) is 2. The van der Waals surface area contributed by atoms with Gasteiger partial charge in [0.25, 0.3) is 0 Å². The fourth-order valence-electron chi connectivity index (χ4n) is 2.05. The average molecular weight is 305 g/mol. The Kier molecular flexibility index (Phi) is 5.62. The maximum Gasteiger partial charge on any atom is 0.231 e. The van der Waals surface area contributed by atoms with Gasteiger partial charge in [0, 0.05) is 13.1 Å². The lowest BCUT2D eigenvalue weighted by Crippen LogP contribution is -2.49.